The average molecular weight is 460 g/mol. The number of carbonyl (C=O) groups excluding carboxylic acids is 4. The van der Waals surface area contributed by atoms with Crippen molar-refractivity contribution in [1.29, 1.82) is 0 Å². The van der Waals surface area contributed by atoms with Crippen LogP contribution >= 0.6 is 0 Å². The van der Waals surface area contributed by atoms with Crippen molar-refractivity contribution >= 4 is 23.8 Å². The van der Waals surface area contributed by atoms with Gasteiger partial charge in [-0.1, -0.05) is 44.2 Å². The first-order chi connectivity index (χ1) is 15.8. The van der Waals surface area contributed by atoms with Crippen LogP contribution < -0.4 is 16.2 Å². The number of rotatable bonds is 10. The molecule has 180 valence electrons. The van der Waals surface area contributed by atoms with Gasteiger partial charge in [0.1, 0.15) is 6.04 Å². The van der Waals surface area contributed by atoms with Crippen molar-refractivity contribution in [2.24, 2.45) is 17.8 Å². The van der Waals surface area contributed by atoms with Gasteiger partial charge < -0.3 is 10.2 Å². The minimum atomic E-state index is -0.815. The summed E-state index contributed by atoms with van der Waals surface area (Å²) in [5, 5.41) is 13.2. The Kier molecular flexibility index (Phi) is 8.40. The minimum Gasteiger partial charge on any atom is -0.312 e. The normalized spacial score (nSPS) is 19.9. The van der Waals surface area contributed by atoms with Crippen molar-refractivity contribution in [3.63, 3.8) is 0 Å². The summed E-state index contributed by atoms with van der Waals surface area (Å²) in [7, 11) is 0. The Morgan fingerprint density at radius 2 is 1.88 bits per heavy atom. The fourth-order valence-corrected chi connectivity index (χ4v) is 4.55. The minimum absolute atomic E-state index is 0.0735. The number of imide groups is 1. The lowest BCUT2D eigenvalue weighted by atomic mass is 9.81. The molecule has 2 saturated heterocycles. The van der Waals surface area contributed by atoms with Crippen LogP contribution in [0.1, 0.15) is 38.7 Å². The van der Waals surface area contributed by atoms with E-state index in [1.165, 1.54) is 4.90 Å². The van der Waals surface area contributed by atoms with Gasteiger partial charge in [0.15, 0.2) is 0 Å². The molecule has 3 rings (SSSR count). The van der Waals surface area contributed by atoms with Gasteiger partial charge >= 0.3 is 6.03 Å². The molecule has 0 bridgehead atoms. The van der Waals surface area contributed by atoms with E-state index in [0.717, 1.165) is 17.0 Å². The molecule has 0 spiro atoms. The number of hydrogen-bond acceptors (Lipinski definition) is 6. The number of hydrazine groups is 1. The van der Waals surface area contributed by atoms with Crippen LogP contribution in [-0.4, -0.2) is 64.5 Å². The number of aryl methyl sites for hydroxylation is 1. The molecule has 0 saturated carbocycles. The predicted octanol–water partition coefficient (Wildman–Crippen LogP) is 1.06. The van der Waals surface area contributed by atoms with Crippen LogP contribution in [0.3, 0.4) is 0 Å². The van der Waals surface area contributed by atoms with E-state index in [-0.39, 0.29) is 5.92 Å². The number of hydrogen-bond donors (Lipinski definition) is 4. The van der Waals surface area contributed by atoms with Crippen LogP contribution in [0.15, 0.2) is 30.3 Å². The van der Waals surface area contributed by atoms with Crippen LogP contribution in [0.5, 0.6) is 0 Å². The van der Waals surface area contributed by atoms with E-state index in [0.29, 0.717) is 38.9 Å². The van der Waals surface area contributed by atoms with Crippen LogP contribution in [0.2, 0.25) is 0 Å². The smallest absolute Gasteiger partial charge is 0.312 e. The van der Waals surface area contributed by atoms with Crippen molar-refractivity contribution in [2.75, 3.05) is 19.6 Å². The Bertz CT molecular complexity index is 838. The molecule has 2 fully saturated rings. The third kappa shape index (κ3) is 5.88. The fourth-order valence-electron chi connectivity index (χ4n) is 4.55. The summed E-state index contributed by atoms with van der Waals surface area (Å²) < 4.78 is 0. The molecule has 0 radical (unpaired) electrons. The maximum Gasteiger partial charge on any atom is 0.346 e. The SMILES string of the molecule is CC(C)C[C@@H](C(=O)NN1C(=O)C2CNCCN2C1=O)[C@H](CCCc1ccccc1)C(=O)NO. The molecular weight excluding hydrogens is 426 g/mol. The standard InChI is InChI=1S/C23H33N5O5/c1-15(2)13-18(17(21(30)26-33)10-6-9-16-7-4-3-5-8-16)20(29)25-28-22(31)19-14-24-11-12-27(19)23(28)32/h3-5,7-8,15,17-19,24,33H,6,9-14H2,1-2H3,(H,25,29)(H,26,30)/t17-,18+,19?/m0/s1. The van der Waals surface area contributed by atoms with Gasteiger partial charge in [0, 0.05) is 19.6 Å². The van der Waals surface area contributed by atoms with Crippen LogP contribution in [0.4, 0.5) is 4.79 Å². The van der Waals surface area contributed by atoms with E-state index in [2.05, 4.69) is 10.7 Å². The number of piperazine rings is 1. The van der Waals surface area contributed by atoms with Crippen molar-refractivity contribution in [3.05, 3.63) is 35.9 Å². The molecule has 0 aromatic heterocycles. The molecule has 5 amide bonds. The molecular formula is C23H33N5O5. The topological polar surface area (TPSA) is 131 Å². The molecule has 3 atom stereocenters. The molecule has 0 aliphatic carbocycles. The number of fused-ring (bicyclic) bond motifs is 1. The summed E-state index contributed by atoms with van der Waals surface area (Å²) in [6.45, 7) is 5.15. The molecule has 4 N–H and O–H groups in total. The van der Waals surface area contributed by atoms with Crippen molar-refractivity contribution in [1.82, 2.24) is 26.1 Å². The maximum absolute atomic E-state index is 13.3. The lowest BCUT2D eigenvalue weighted by Crippen LogP contribution is -2.51. The Balaban J connectivity index is 1.73. The Morgan fingerprint density at radius 1 is 1.15 bits per heavy atom. The molecule has 33 heavy (non-hydrogen) atoms. The monoisotopic (exact) mass is 459 g/mol. The Morgan fingerprint density at radius 3 is 2.52 bits per heavy atom. The van der Waals surface area contributed by atoms with Crippen molar-refractivity contribution in [2.45, 2.75) is 45.6 Å². The highest BCUT2D eigenvalue weighted by atomic mass is 16.5. The van der Waals surface area contributed by atoms with Crippen molar-refractivity contribution < 1.29 is 24.4 Å². The highest BCUT2D eigenvalue weighted by molar-refractivity contribution is 6.05. The largest absolute Gasteiger partial charge is 0.346 e. The van der Waals surface area contributed by atoms with Crippen molar-refractivity contribution in [3.8, 4) is 0 Å². The second kappa shape index (κ2) is 11.2. The second-order valence-electron chi connectivity index (χ2n) is 9.04. The van der Waals surface area contributed by atoms with E-state index >= 15 is 0 Å². The van der Waals surface area contributed by atoms with E-state index in [9.17, 15) is 24.4 Å². The zero-order chi connectivity index (χ0) is 24.0. The summed E-state index contributed by atoms with van der Waals surface area (Å²) >= 11 is 0. The summed E-state index contributed by atoms with van der Waals surface area (Å²) in [6.07, 6.45) is 2.08. The number of carbonyl (C=O) groups is 4. The highest BCUT2D eigenvalue weighted by Crippen LogP contribution is 2.27. The fraction of sp³-hybridized carbons (Fsp3) is 0.565. The first kappa shape index (κ1) is 24.7. The average Bonchev–Trinajstić information content (AvgIpc) is 3.05. The third-order valence-corrected chi connectivity index (χ3v) is 6.23. The summed E-state index contributed by atoms with van der Waals surface area (Å²) in [5.41, 5.74) is 5.28. The van der Waals surface area contributed by atoms with Crippen LogP contribution in [0, 0.1) is 17.8 Å². The summed E-state index contributed by atoms with van der Waals surface area (Å²) in [5.74, 6) is -3.26. The maximum atomic E-state index is 13.3. The Labute approximate surface area is 193 Å². The number of amides is 5. The lowest BCUT2D eigenvalue weighted by molar-refractivity contribution is -0.145. The van der Waals surface area contributed by atoms with Gasteiger partial charge in [0.2, 0.25) is 11.8 Å². The van der Waals surface area contributed by atoms with Crippen LogP contribution in [-0.2, 0) is 20.8 Å². The number of urea groups is 1. The molecule has 10 nitrogen and oxygen atoms in total. The van der Waals surface area contributed by atoms with Gasteiger partial charge in [0.25, 0.3) is 5.91 Å². The molecule has 2 aliphatic rings. The third-order valence-electron chi connectivity index (χ3n) is 6.23. The van der Waals surface area contributed by atoms with Crippen LogP contribution in [0.25, 0.3) is 0 Å². The van der Waals surface area contributed by atoms with Gasteiger partial charge in [0.05, 0.1) is 11.8 Å². The molecule has 1 unspecified atom stereocenters. The first-order valence-corrected chi connectivity index (χ1v) is 11.5. The van der Waals surface area contributed by atoms with Gasteiger partial charge in [-0.25, -0.2) is 10.3 Å². The predicted molar refractivity (Wildman–Crippen MR) is 119 cm³/mol. The molecule has 2 aliphatic heterocycles. The zero-order valence-electron chi connectivity index (χ0n) is 19.1. The number of benzene rings is 1. The number of nitrogens with zero attached hydrogens (tertiary/aromatic N) is 2. The molecule has 1 aromatic rings. The number of nitrogens with one attached hydrogen (secondary N) is 3. The van der Waals surface area contributed by atoms with Gasteiger partial charge in [-0.15, -0.1) is 0 Å². The second-order valence-corrected chi connectivity index (χ2v) is 9.04. The summed E-state index contributed by atoms with van der Waals surface area (Å²) in [6, 6.07) is 8.60. The van der Waals surface area contributed by atoms with Gasteiger partial charge in [-0.05, 0) is 37.2 Å². The van der Waals surface area contributed by atoms with E-state index in [1.807, 2.05) is 44.2 Å². The van der Waals surface area contributed by atoms with Gasteiger partial charge in [-0.3, -0.25) is 25.0 Å². The highest BCUT2D eigenvalue weighted by Gasteiger charge is 2.48. The number of hydroxylamine groups is 1. The quantitative estimate of drug-likeness (QED) is 0.235. The van der Waals surface area contributed by atoms with Gasteiger partial charge in [-0.2, -0.15) is 5.01 Å². The van der Waals surface area contributed by atoms with E-state index < -0.39 is 41.6 Å². The zero-order valence-corrected chi connectivity index (χ0v) is 19.1. The first-order valence-electron chi connectivity index (χ1n) is 11.5. The molecule has 1 aromatic carbocycles. The Hall–Kier alpha value is -2.98. The van der Waals surface area contributed by atoms with E-state index in [1.54, 1.807) is 5.48 Å². The van der Waals surface area contributed by atoms with E-state index in [4.69, 9.17) is 0 Å². The molecule has 2 heterocycles. The molecule has 10 heteroatoms. The lowest BCUT2D eigenvalue weighted by Gasteiger charge is -2.28. The summed E-state index contributed by atoms with van der Waals surface area (Å²) in [4.78, 5) is 52.7.